The Morgan fingerprint density at radius 1 is 1.38 bits per heavy atom. The standard InChI is InChI=1S/C13H15NOS/c1-10-3-2-4-12(7-10)14-13(8-15)11-5-6-16-9-11/h2-7,9,13-15H,8H2,1H3. The van der Waals surface area contributed by atoms with Crippen molar-refractivity contribution in [2.24, 2.45) is 0 Å². The molecule has 1 unspecified atom stereocenters. The fourth-order valence-corrected chi connectivity index (χ4v) is 2.36. The van der Waals surface area contributed by atoms with E-state index in [0.717, 1.165) is 11.3 Å². The maximum absolute atomic E-state index is 9.37. The highest BCUT2D eigenvalue weighted by molar-refractivity contribution is 7.08. The van der Waals surface area contributed by atoms with Crippen LogP contribution in [-0.4, -0.2) is 11.7 Å². The van der Waals surface area contributed by atoms with Gasteiger partial charge in [-0.3, -0.25) is 0 Å². The number of nitrogens with one attached hydrogen (secondary N) is 1. The van der Waals surface area contributed by atoms with E-state index in [-0.39, 0.29) is 12.6 Å². The summed E-state index contributed by atoms with van der Waals surface area (Å²) in [7, 11) is 0. The van der Waals surface area contributed by atoms with Gasteiger partial charge in [0.25, 0.3) is 0 Å². The maximum atomic E-state index is 9.37. The van der Waals surface area contributed by atoms with E-state index in [1.165, 1.54) is 5.56 Å². The van der Waals surface area contributed by atoms with Gasteiger partial charge < -0.3 is 10.4 Å². The quantitative estimate of drug-likeness (QED) is 0.850. The summed E-state index contributed by atoms with van der Waals surface area (Å²) in [5, 5.41) is 16.8. The van der Waals surface area contributed by atoms with Gasteiger partial charge in [0, 0.05) is 5.69 Å². The van der Waals surface area contributed by atoms with E-state index in [1.807, 2.05) is 23.6 Å². The SMILES string of the molecule is Cc1cccc(NC(CO)c2ccsc2)c1. The molecular formula is C13H15NOS. The molecule has 1 aromatic heterocycles. The van der Waals surface area contributed by atoms with Gasteiger partial charge in [-0.15, -0.1) is 0 Å². The lowest BCUT2D eigenvalue weighted by atomic mass is 10.1. The van der Waals surface area contributed by atoms with E-state index in [9.17, 15) is 5.11 Å². The van der Waals surface area contributed by atoms with E-state index in [4.69, 9.17) is 0 Å². The fraction of sp³-hybridized carbons (Fsp3) is 0.231. The van der Waals surface area contributed by atoms with Gasteiger partial charge in [-0.1, -0.05) is 12.1 Å². The normalized spacial score (nSPS) is 12.4. The minimum absolute atomic E-state index is 0.0203. The second-order valence-corrected chi connectivity index (χ2v) is 4.59. The van der Waals surface area contributed by atoms with Crippen LogP contribution in [0.5, 0.6) is 0 Å². The Hall–Kier alpha value is -1.32. The van der Waals surface area contributed by atoms with Crippen LogP contribution in [0.15, 0.2) is 41.1 Å². The minimum atomic E-state index is -0.0203. The molecule has 16 heavy (non-hydrogen) atoms. The van der Waals surface area contributed by atoms with Crippen LogP contribution in [0.3, 0.4) is 0 Å². The van der Waals surface area contributed by atoms with E-state index < -0.39 is 0 Å². The van der Waals surface area contributed by atoms with Crippen molar-refractivity contribution in [3.8, 4) is 0 Å². The zero-order chi connectivity index (χ0) is 11.4. The summed E-state index contributed by atoms with van der Waals surface area (Å²) >= 11 is 1.65. The van der Waals surface area contributed by atoms with E-state index in [2.05, 4.69) is 29.8 Å². The number of benzene rings is 1. The van der Waals surface area contributed by atoms with Crippen molar-refractivity contribution in [1.29, 1.82) is 0 Å². The van der Waals surface area contributed by atoms with Crippen molar-refractivity contribution < 1.29 is 5.11 Å². The molecule has 1 heterocycles. The molecule has 2 rings (SSSR count). The van der Waals surface area contributed by atoms with Crippen LogP contribution < -0.4 is 5.32 Å². The van der Waals surface area contributed by atoms with Crippen LogP contribution in [0.25, 0.3) is 0 Å². The molecule has 0 saturated carbocycles. The van der Waals surface area contributed by atoms with Crippen LogP contribution in [-0.2, 0) is 0 Å². The molecule has 1 aromatic carbocycles. The van der Waals surface area contributed by atoms with Crippen molar-refractivity contribution in [1.82, 2.24) is 0 Å². The molecule has 0 aliphatic heterocycles. The first-order chi connectivity index (χ1) is 7.79. The molecule has 3 heteroatoms. The van der Waals surface area contributed by atoms with Gasteiger partial charge in [0.1, 0.15) is 0 Å². The average Bonchev–Trinajstić information content (AvgIpc) is 2.79. The highest BCUT2D eigenvalue weighted by atomic mass is 32.1. The molecule has 0 aliphatic carbocycles. The van der Waals surface area contributed by atoms with Crippen LogP contribution in [0.2, 0.25) is 0 Å². The lowest BCUT2D eigenvalue weighted by Gasteiger charge is -2.16. The van der Waals surface area contributed by atoms with Crippen molar-refractivity contribution in [3.63, 3.8) is 0 Å². The lowest BCUT2D eigenvalue weighted by Crippen LogP contribution is -2.13. The van der Waals surface area contributed by atoms with Gasteiger partial charge in [0.05, 0.1) is 12.6 Å². The Morgan fingerprint density at radius 3 is 2.88 bits per heavy atom. The molecule has 0 aliphatic rings. The first-order valence-corrected chi connectivity index (χ1v) is 6.20. The Kier molecular flexibility index (Phi) is 3.59. The first kappa shape index (κ1) is 11.2. The Labute approximate surface area is 99.6 Å². The van der Waals surface area contributed by atoms with Crippen molar-refractivity contribution in [2.45, 2.75) is 13.0 Å². The number of aliphatic hydroxyl groups is 1. The van der Waals surface area contributed by atoms with Crippen molar-refractivity contribution in [3.05, 3.63) is 52.2 Å². The third-order valence-corrected chi connectivity index (χ3v) is 3.19. The number of anilines is 1. The second kappa shape index (κ2) is 5.14. The summed E-state index contributed by atoms with van der Waals surface area (Å²) in [6.45, 7) is 2.16. The lowest BCUT2D eigenvalue weighted by molar-refractivity contribution is 0.276. The molecular weight excluding hydrogens is 218 g/mol. The molecule has 2 nitrogen and oxygen atoms in total. The average molecular weight is 233 g/mol. The zero-order valence-electron chi connectivity index (χ0n) is 9.18. The van der Waals surface area contributed by atoms with Gasteiger partial charge in [-0.25, -0.2) is 0 Å². The molecule has 0 spiro atoms. The summed E-state index contributed by atoms with van der Waals surface area (Å²) in [6.07, 6.45) is 0. The van der Waals surface area contributed by atoms with Gasteiger partial charge in [-0.05, 0) is 47.0 Å². The second-order valence-electron chi connectivity index (χ2n) is 3.81. The Balaban J connectivity index is 2.13. The molecule has 1 atom stereocenters. The molecule has 0 radical (unpaired) electrons. The van der Waals surface area contributed by atoms with Crippen LogP contribution in [0, 0.1) is 6.92 Å². The van der Waals surface area contributed by atoms with Crippen LogP contribution in [0.4, 0.5) is 5.69 Å². The highest BCUT2D eigenvalue weighted by Gasteiger charge is 2.10. The largest absolute Gasteiger partial charge is 0.394 e. The summed E-state index contributed by atoms with van der Waals surface area (Å²) in [5.41, 5.74) is 3.39. The van der Waals surface area contributed by atoms with Gasteiger partial charge >= 0.3 is 0 Å². The summed E-state index contributed by atoms with van der Waals surface area (Å²) < 4.78 is 0. The predicted molar refractivity (Wildman–Crippen MR) is 68.9 cm³/mol. The monoisotopic (exact) mass is 233 g/mol. The van der Waals surface area contributed by atoms with Crippen LogP contribution in [0.1, 0.15) is 17.2 Å². The van der Waals surface area contributed by atoms with E-state index in [0.29, 0.717) is 0 Å². The van der Waals surface area contributed by atoms with E-state index in [1.54, 1.807) is 11.3 Å². The molecule has 0 amide bonds. The van der Waals surface area contributed by atoms with Gasteiger partial charge in [0.2, 0.25) is 0 Å². The summed E-state index contributed by atoms with van der Waals surface area (Å²) in [4.78, 5) is 0. The summed E-state index contributed by atoms with van der Waals surface area (Å²) in [5.74, 6) is 0. The fourth-order valence-electron chi connectivity index (χ4n) is 1.64. The van der Waals surface area contributed by atoms with Crippen molar-refractivity contribution >= 4 is 17.0 Å². The Bertz CT molecular complexity index is 439. The molecule has 2 N–H and O–H groups in total. The number of aliphatic hydroxyl groups excluding tert-OH is 1. The topological polar surface area (TPSA) is 32.3 Å². The first-order valence-electron chi connectivity index (χ1n) is 5.26. The number of thiophene rings is 1. The van der Waals surface area contributed by atoms with Gasteiger partial charge in [-0.2, -0.15) is 11.3 Å². The Morgan fingerprint density at radius 2 is 2.25 bits per heavy atom. The number of hydrogen-bond acceptors (Lipinski definition) is 3. The number of rotatable bonds is 4. The molecule has 2 aromatic rings. The van der Waals surface area contributed by atoms with Crippen LogP contribution >= 0.6 is 11.3 Å². The molecule has 0 bridgehead atoms. The molecule has 0 saturated heterocycles. The van der Waals surface area contributed by atoms with Gasteiger partial charge in [0.15, 0.2) is 0 Å². The van der Waals surface area contributed by atoms with Crippen molar-refractivity contribution in [2.75, 3.05) is 11.9 Å². The highest BCUT2D eigenvalue weighted by Crippen LogP contribution is 2.21. The predicted octanol–water partition coefficient (Wildman–Crippen LogP) is 3.20. The third-order valence-electron chi connectivity index (χ3n) is 2.49. The number of hydrogen-bond donors (Lipinski definition) is 2. The third kappa shape index (κ3) is 2.62. The number of aryl methyl sites for hydroxylation is 1. The minimum Gasteiger partial charge on any atom is -0.394 e. The molecule has 84 valence electrons. The maximum Gasteiger partial charge on any atom is 0.0753 e. The molecule has 0 fully saturated rings. The summed E-state index contributed by atoms with van der Waals surface area (Å²) in [6, 6.07) is 10.2. The smallest absolute Gasteiger partial charge is 0.0753 e. The zero-order valence-corrected chi connectivity index (χ0v) is 10.00. The van der Waals surface area contributed by atoms with E-state index >= 15 is 0 Å².